The van der Waals surface area contributed by atoms with Crippen molar-refractivity contribution >= 4 is 43.6 Å². The van der Waals surface area contributed by atoms with E-state index < -0.39 is 0 Å². The van der Waals surface area contributed by atoms with Gasteiger partial charge < -0.3 is 9.13 Å². The van der Waals surface area contributed by atoms with Gasteiger partial charge in [0.2, 0.25) is 0 Å². The van der Waals surface area contributed by atoms with Crippen molar-refractivity contribution in [3.8, 4) is 45.8 Å². The molecule has 0 N–H and O–H groups in total. The van der Waals surface area contributed by atoms with E-state index in [0.717, 1.165) is 77.2 Å². The summed E-state index contributed by atoms with van der Waals surface area (Å²) in [7, 11) is 0. The molecule has 0 aliphatic carbocycles. The summed E-state index contributed by atoms with van der Waals surface area (Å²) in [6.07, 6.45) is 0. The van der Waals surface area contributed by atoms with Gasteiger partial charge in [0.1, 0.15) is 6.07 Å². The Balaban J connectivity index is 1.34. The number of hydrogen-bond donors (Lipinski definition) is 0. The van der Waals surface area contributed by atoms with E-state index in [1.165, 1.54) is 0 Å². The molecule has 0 bridgehead atoms. The number of fused-ring (bicyclic) bond motifs is 6. The van der Waals surface area contributed by atoms with Crippen LogP contribution in [0.2, 0.25) is 0 Å². The predicted molar refractivity (Wildman–Crippen MR) is 195 cm³/mol. The molecule has 0 atom stereocenters. The van der Waals surface area contributed by atoms with Crippen LogP contribution in [0.25, 0.3) is 77.2 Å². The molecule has 222 valence electrons. The second kappa shape index (κ2) is 10.9. The van der Waals surface area contributed by atoms with E-state index in [4.69, 9.17) is 0 Å². The van der Waals surface area contributed by atoms with Gasteiger partial charge in [-0.3, -0.25) is 0 Å². The maximum absolute atomic E-state index is 10.9. The van der Waals surface area contributed by atoms with E-state index in [0.29, 0.717) is 11.1 Å². The lowest BCUT2D eigenvalue weighted by molar-refractivity contribution is 1.16. The van der Waals surface area contributed by atoms with Gasteiger partial charge >= 0.3 is 0 Å². The van der Waals surface area contributed by atoms with Crippen molar-refractivity contribution in [3.63, 3.8) is 0 Å². The van der Waals surface area contributed by atoms with Gasteiger partial charge in [0.15, 0.2) is 0 Å². The predicted octanol–water partition coefficient (Wildman–Crippen LogP) is 11.0. The van der Waals surface area contributed by atoms with Gasteiger partial charge in [-0.05, 0) is 77.4 Å². The maximum Gasteiger partial charge on any atom is 0.102 e. The lowest BCUT2D eigenvalue weighted by Crippen LogP contribution is -2.00. The Hall–Kier alpha value is -6.88. The lowest BCUT2D eigenvalue weighted by Gasteiger charge is -2.17. The summed E-state index contributed by atoms with van der Waals surface area (Å²) >= 11 is 0. The van der Waals surface area contributed by atoms with Crippen molar-refractivity contribution in [2.24, 2.45) is 0 Å². The molecular formula is C44H26N4. The normalized spacial score (nSPS) is 11.3. The van der Waals surface area contributed by atoms with Crippen molar-refractivity contribution in [2.45, 2.75) is 0 Å². The fourth-order valence-electron chi connectivity index (χ4n) is 7.28. The van der Waals surface area contributed by atoms with Gasteiger partial charge in [-0.25, -0.2) is 0 Å². The standard InChI is InChI=1S/C44H26N4/c45-27-29-21-22-44-38(23-29)37-15-6-7-17-40(37)47(44)33-25-31(30-11-2-1-3-12-30)24-32(26-33)34-16-10-20-43(39(34)28-46)48-41-18-8-4-13-35(41)36-14-5-9-19-42(36)48/h1-26H. The topological polar surface area (TPSA) is 57.4 Å². The van der Waals surface area contributed by atoms with Crippen LogP contribution < -0.4 is 0 Å². The third-order valence-corrected chi connectivity index (χ3v) is 9.37. The van der Waals surface area contributed by atoms with Crippen LogP contribution in [0.3, 0.4) is 0 Å². The average molecular weight is 611 g/mol. The van der Waals surface area contributed by atoms with E-state index in [1.807, 2.05) is 48.5 Å². The van der Waals surface area contributed by atoms with Gasteiger partial charge in [0.25, 0.3) is 0 Å². The van der Waals surface area contributed by atoms with E-state index in [9.17, 15) is 10.5 Å². The van der Waals surface area contributed by atoms with Crippen molar-refractivity contribution in [1.29, 1.82) is 10.5 Å². The molecule has 4 nitrogen and oxygen atoms in total. The molecule has 9 rings (SSSR count). The molecule has 0 aliphatic rings. The van der Waals surface area contributed by atoms with Crippen LogP contribution in [-0.2, 0) is 0 Å². The van der Waals surface area contributed by atoms with Crippen LogP contribution >= 0.6 is 0 Å². The van der Waals surface area contributed by atoms with Crippen molar-refractivity contribution in [2.75, 3.05) is 0 Å². The Morgan fingerprint density at radius 2 is 0.979 bits per heavy atom. The highest BCUT2D eigenvalue weighted by molar-refractivity contribution is 6.11. The Kier molecular flexibility index (Phi) is 6.22. The van der Waals surface area contributed by atoms with Crippen LogP contribution in [0.1, 0.15) is 11.1 Å². The second-order valence-corrected chi connectivity index (χ2v) is 12.0. The summed E-state index contributed by atoms with van der Waals surface area (Å²) in [5.41, 5.74) is 11.2. The molecule has 0 aliphatic heterocycles. The van der Waals surface area contributed by atoms with Crippen molar-refractivity contribution < 1.29 is 0 Å². The Morgan fingerprint density at radius 1 is 0.396 bits per heavy atom. The highest BCUT2D eigenvalue weighted by Crippen LogP contribution is 2.39. The van der Waals surface area contributed by atoms with Gasteiger partial charge in [0, 0.05) is 32.8 Å². The van der Waals surface area contributed by atoms with E-state index >= 15 is 0 Å². The summed E-state index contributed by atoms with van der Waals surface area (Å²) in [4.78, 5) is 0. The minimum Gasteiger partial charge on any atom is -0.309 e. The number of hydrogen-bond acceptors (Lipinski definition) is 2. The van der Waals surface area contributed by atoms with Crippen LogP contribution in [0.15, 0.2) is 158 Å². The fraction of sp³-hybridized carbons (Fsp3) is 0. The summed E-state index contributed by atoms with van der Waals surface area (Å²) in [6, 6.07) is 59.0. The highest BCUT2D eigenvalue weighted by Gasteiger charge is 2.19. The Labute approximate surface area is 277 Å². The molecule has 0 radical (unpaired) electrons. The number of rotatable bonds is 4. The molecule has 2 heterocycles. The van der Waals surface area contributed by atoms with Crippen LogP contribution in [-0.4, -0.2) is 9.13 Å². The Morgan fingerprint density at radius 3 is 1.65 bits per heavy atom. The minimum absolute atomic E-state index is 0.612. The molecule has 0 saturated carbocycles. The number of para-hydroxylation sites is 3. The molecule has 9 aromatic rings. The number of nitriles is 2. The van der Waals surface area contributed by atoms with E-state index in [1.54, 1.807) is 0 Å². The molecule has 0 amide bonds. The summed E-state index contributed by atoms with van der Waals surface area (Å²) < 4.78 is 4.49. The maximum atomic E-state index is 10.9. The third-order valence-electron chi connectivity index (χ3n) is 9.37. The van der Waals surface area contributed by atoms with Gasteiger partial charge in [-0.15, -0.1) is 0 Å². The zero-order chi connectivity index (χ0) is 32.2. The van der Waals surface area contributed by atoms with Gasteiger partial charge in [0.05, 0.1) is 45.0 Å². The highest BCUT2D eigenvalue weighted by atomic mass is 15.0. The van der Waals surface area contributed by atoms with E-state index in [-0.39, 0.29) is 0 Å². The molecule has 7 aromatic carbocycles. The van der Waals surface area contributed by atoms with Crippen LogP contribution in [0, 0.1) is 22.7 Å². The molecule has 0 saturated heterocycles. The first kappa shape index (κ1) is 27.4. The smallest absolute Gasteiger partial charge is 0.102 e. The van der Waals surface area contributed by atoms with Gasteiger partial charge in [-0.2, -0.15) is 10.5 Å². The quantitative estimate of drug-likeness (QED) is 0.199. The molecule has 0 unspecified atom stereocenters. The van der Waals surface area contributed by atoms with E-state index in [2.05, 4.69) is 130 Å². The monoisotopic (exact) mass is 610 g/mol. The van der Waals surface area contributed by atoms with Crippen LogP contribution in [0.5, 0.6) is 0 Å². The first-order chi connectivity index (χ1) is 23.7. The molecular weight excluding hydrogens is 585 g/mol. The number of aromatic nitrogens is 2. The molecule has 0 spiro atoms. The first-order valence-corrected chi connectivity index (χ1v) is 15.9. The Bertz CT molecular complexity index is 2750. The van der Waals surface area contributed by atoms with Crippen molar-refractivity contribution in [3.05, 3.63) is 169 Å². The average Bonchev–Trinajstić information content (AvgIpc) is 3.67. The lowest BCUT2D eigenvalue weighted by atomic mass is 9.94. The third kappa shape index (κ3) is 4.14. The second-order valence-electron chi connectivity index (χ2n) is 12.0. The largest absolute Gasteiger partial charge is 0.309 e. The minimum atomic E-state index is 0.612. The SMILES string of the molecule is N#Cc1ccc2c(c1)c1ccccc1n2-c1cc(-c2ccccc2)cc(-c2cccc(-n3c4ccccc4c4ccccc43)c2C#N)c1. The molecule has 48 heavy (non-hydrogen) atoms. The zero-order valence-electron chi connectivity index (χ0n) is 25.8. The number of benzene rings is 7. The van der Waals surface area contributed by atoms with Crippen LogP contribution in [0.4, 0.5) is 0 Å². The summed E-state index contributed by atoms with van der Waals surface area (Å²) in [5, 5.41) is 25.0. The fourth-order valence-corrected chi connectivity index (χ4v) is 7.28. The molecule has 2 aromatic heterocycles. The summed E-state index contributed by atoms with van der Waals surface area (Å²) in [5.74, 6) is 0. The van der Waals surface area contributed by atoms with Gasteiger partial charge in [-0.1, -0.05) is 97.1 Å². The zero-order valence-corrected chi connectivity index (χ0v) is 25.8. The number of nitrogens with zero attached hydrogens (tertiary/aromatic N) is 4. The molecule has 4 heteroatoms. The van der Waals surface area contributed by atoms with Crippen molar-refractivity contribution in [1.82, 2.24) is 9.13 Å². The first-order valence-electron chi connectivity index (χ1n) is 15.9. The molecule has 0 fully saturated rings. The summed E-state index contributed by atoms with van der Waals surface area (Å²) in [6.45, 7) is 0.